The first-order chi connectivity index (χ1) is 16.3. The Balaban J connectivity index is 1.40. The molecule has 3 aromatic rings. The summed E-state index contributed by atoms with van der Waals surface area (Å²) in [6.07, 6.45) is 4.99. The van der Waals surface area contributed by atoms with Gasteiger partial charge in [-0.05, 0) is 39.7 Å². The van der Waals surface area contributed by atoms with Crippen LogP contribution in [0.5, 0.6) is 0 Å². The molecule has 5 heterocycles. The third kappa shape index (κ3) is 4.72. The van der Waals surface area contributed by atoms with E-state index in [1.807, 2.05) is 29.9 Å². The molecule has 3 aromatic heterocycles. The number of nitrogens with zero attached hydrogens (tertiary/aromatic N) is 7. The molecule has 11 heteroatoms. The number of pyridine rings is 1. The number of hydrogen-bond donors (Lipinski definition) is 2. The Morgan fingerprint density at radius 1 is 1.09 bits per heavy atom. The van der Waals surface area contributed by atoms with E-state index >= 15 is 0 Å². The number of aliphatic hydroxyl groups is 1. The van der Waals surface area contributed by atoms with Gasteiger partial charge in [0.1, 0.15) is 11.6 Å². The topological polar surface area (TPSA) is 112 Å². The summed E-state index contributed by atoms with van der Waals surface area (Å²) < 4.78 is 13.8. The Labute approximate surface area is 201 Å². The molecule has 0 radical (unpaired) electrons. The summed E-state index contributed by atoms with van der Waals surface area (Å²) in [4.78, 5) is 18.1. The molecule has 0 saturated carbocycles. The summed E-state index contributed by atoms with van der Waals surface area (Å²) in [6.45, 7) is 9.04. The van der Waals surface area contributed by atoms with Crippen LogP contribution < -0.4 is 15.1 Å². The first-order valence-electron chi connectivity index (χ1n) is 11.8. The van der Waals surface area contributed by atoms with Gasteiger partial charge in [-0.25, -0.2) is 9.97 Å². The maximum absolute atomic E-state index is 11.8. The SMILES string of the molecule is CC(C)n1nc(N2CCS(=O)CC2)c2cnc(Nc3ccnc(N4CCC(C)(O)CC4)n3)cc21. The molecular formula is C23H32N8O2S. The van der Waals surface area contributed by atoms with E-state index < -0.39 is 16.4 Å². The van der Waals surface area contributed by atoms with Crippen LogP contribution in [0, 0.1) is 0 Å². The Kier molecular flexibility index (Phi) is 6.15. The Morgan fingerprint density at radius 3 is 2.53 bits per heavy atom. The largest absolute Gasteiger partial charge is 0.390 e. The molecule has 0 atom stereocenters. The molecule has 0 amide bonds. The van der Waals surface area contributed by atoms with Gasteiger partial charge in [0.05, 0.1) is 16.5 Å². The van der Waals surface area contributed by atoms with Crippen LogP contribution in [0.4, 0.5) is 23.4 Å². The van der Waals surface area contributed by atoms with Crippen molar-refractivity contribution in [1.29, 1.82) is 0 Å². The summed E-state index contributed by atoms with van der Waals surface area (Å²) in [6, 6.07) is 4.02. The molecule has 2 aliphatic rings. The van der Waals surface area contributed by atoms with Gasteiger partial charge in [0, 0.05) is 73.0 Å². The molecular weight excluding hydrogens is 452 g/mol. The van der Waals surface area contributed by atoms with E-state index in [1.54, 1.807) is 6.20 Å². The van der Waals surface area contributed by atoms with E-state index in [0.29, 0.717) is 41.9 Å². The van der Waals surface area contributed by atoms with Gasteiger partial charge in [0.15, 0.2) is 5.82 Å². The van der Waals surface area contributed by atoms with Crippen molar-refractivity contribution in [2.45, 2.75) is 45.3 Å². The molecule has 0 aromatic carbocycles. The van der Waals surface area contributed by atoms with E-state index in [4.69, 9.17) is 5.10 Å². The number of aromatic nitrogens is 5. The smallest absolute Gasteiger partial charge is 0.227 e. The second-order valence-corrected chi connectivity index (χ2v) is 11.3. The van der Waals surface area contributed by atoms with Crippen LogP contribution in [0.2, 0.25) is 0 Å². The zero-order valence-electron chi connectivity index (χ0n) is 19.9. The van der Waals surface area contributed by atoms with Crippen molar-refractivity contribution in [2.24, 2.45) is 0 Å². The highest BCUT2D eigenvalue weighted by molar-refractivity contribution is 7.85. The summed E-state index contributed by atoms with van der Waals surface area (Å²) in [7, 11) is -0.734. The molecule has 5 rings (SSSR count). The molecule has 0 unspecified atom stereocenters. The molecule has 182 valence electrons. The molecule has 0 bridgehead atoms. The number of nitrogens with one attached hydrogen (secondary N) is 1. The molecule has 34 heavy (non-hydrogen) atoms. The van der Waals surface area contributed by atoms with Crippen LogP contribution in [0.3, 0.4) is 0 Å². The fourth-order valence-corrected chi connectivity index (χ4v) is 5.50. The van der Waals surface area contributed by atoms with Gasteiger partial charge < -0.3 is 20.2 Å². The molecule has 10 nitrogen and oxygen atoms in total. The van der Waals surface area contributed by atoms with E-state index in [2.05, 4.69) is 43.9 Å². The van der Waals surface area contributed by atoms with Crippen molar-refractivity contribution in [2.75, 3.05) is 52.8 Å². The fourth-order valence-electron chi connectivity index (χ4n) is 4.45. The van der Waals surface area contributed by atoms with Crippen LogP contribution in [-0.4, -0.2) is 77.3 Å². The number of piperidine rings is 1. The zero-order valence-corrected chi connectivity index (χ0v) is 20.8. The van der Waals surface area contributed by atoms with Gasteiger partial charge in [0.25, 0.3) is 0 Å². The molecule has 0 aliphatic carbocycles. The van der Waals surface area contributed by atoms with Crippen molar-refractivity contribution in [3.05, 3.63) is 24.5 Å². The molecule has 2 fully saturated rings. The van der Waals surface area contributed by atoms with Gasteiger partial charge in [-0.2, -0.15) is 10.1 Å². The van der Waals surface area contributed by atoms with Crippen LogP contribution in [-0.2, 0) is 10.8 Å². The summed E-state index contributed by atoms with van der Waals surface area (Å²) in [5.74, 6) is 4.26. The van der Waals surface area contributed by atoms with E-state index in [-0.39, 0.29) is 6.04 Å². The minimum atomic E-state index is -0.734. The van der Waals surface area contributed by atoms with Crippen molar-refractivity contribution < 1.29 is 9.32 Å². The first kappa shape index (κ1) is 23.0. The third-order valence-electron chi connectivity index (χ3n) is 6.56. The van der Waals surface area contributed by atoms with Crippen molar-refractivity contribution in [3.63, 3.8) is 0 Å². The van der Waals surface area contributed by atoms with Gasteiger partial charge in [-0.15, -0.1) is 0 Å². The van der Waals surface area contributed by atoms with Gasteiger partial charge in [-0.3, -0.25) is 8.89 Å². The lowest BCUT2D eigenvalue weighted by Gasteiger charge is -2.35. The Morgan fingerprint density at radius 2 is 1.82 bits per heavy atom. The average molecular weight is 485 g/mol. The van der Waals surface area contributed by atoms with Gasteiger partial charge in [0.2, 0.25) is 5.95 Å². The standard InChI is InChI=1S/C23H32N8O2S/c1-16(2)31-18-14-20(25-15-17(18)21(28-31)29-10-12-34(33)13-11-29)26-19-4-7-24-22(27-19)30-8-5-23(3,32)6-9-30/h4,7,14-16,32H,5-6,8-13H2,1-3H3,(H,24,25,26,27). The van der Waals surface area contributed by atoms with Crippen LogP contribution in [0.25, 0.3) is 10.9 Å². The third-order valence-corrected chi connectivity index (χ3v) is 7.84. The first-order valence-corrected chi connectivity index (χ1v) is 13.3. The number of hydrogen-bond acceptors (Lipinski definition) is 9. The number of rotatable bonds is 5. The highest BCUT2D eigenvalue weighted by Crippen LogP contribution is 2.31. The normalized spacial score (nSPS) is 19.2. The van der Waals surface area contributed by atoms with Crippen LogP contribution >= 0.6 is 0 Å². The highest BCUT2D eigenvalue weighted by Gasteiger charge is 2.28. The number of anilines is 4. The van der Waals surface area contributed by atoms with E-state index in [0.717, 1.165) is 42.9 Å². The average Bonchev–Trinajstić information content (AvgIpc) is 3.19. The minimum Gasteiger partial charge on any atom is -0.390 e. The number of fused-ring (bicyclic) bond motifs is 1. The Bertz CT molecular complexity index is 1190. The second-order valence-electron chi connectivity index (χ2n) is 9.63. The monoisotopic (exact) mass is 484 g/mol. The van der Waals surface area contributed by atoms with E-state index in [9.17, 15) is 9.32 Å². The maximum Gasteiger partial charge on any atom is 0.227 e. The fraction of sp³-hybridized carbons (Fsp3) is 0.565. The lowest BCUT2D eigenvalue weighted by molar-refractivity contribution is 0.0349. The van der Waals surface area contributed by atoms with Crippen molar-refractivity contribution in [1.82, 2.24) is 24.7 Å². The van der Waals surface area contributed by atoms with Gasteiger partial charge in [-0.1, -0.05) is 0 Å². The summed E-state index contributed by atoms with van der Waals surface area (Å²) in [5, 5.41) is 19.4. The predicted octanol–water partition coefficient (Wildman–Crippen LogP) is 2.47. The molecule has 0 spiro atoms. The lowest BCUT2D eigenvalue weighted by atomic mass is 9.94. The summed E-state index contributed by atoms with van der Waals surface area (Å²) in [5.41, 5.74) is 0.386. The lowest BCUT2D eigenvalue weighted by Crippen LogP contribution is -2.43. The van der Waals surface area contributed by atoms with Crippen LogP contribution in [0.1, 0.15) is 39.7 Å². The molecule has 2 aliphatic heterocycles. The van der Waals surface area contributed by atoms with Crippen molar-refractivity contribution in [3.8, 4) is 0 Å². The van der Waals surface area contributed by atoms with Gasteiger partial charge >= 0.3 is 0 Å². The predicted molar refractivity (Wildman–Crippen MR) is 135 cm³/mol. The summed E-state index contributed by atoms with van der Waals surface area (Å²) >= 11 is 0. The van der Waals surface area contributed by atoms with Crippen LogP contribution in [0.15, 0.2) is 24.5 Å². The molecule has 2 saturated heterocycles. The minimum absolute atomic E-state index is 0.187. The second kappa shape index (κ2) is 9.10. The molecule has 2 N–H and O–H groups in total. The van der Waals surface area contributed by atoms with Crippen molar-refractivity contribution >= 4 is 45.1 Å². The maximum atomic E-state index is 11.8. The Hall–Kier alpha value is -2.79. The zero-order chi connectivity index (χ0) is 23.9. The quantitative estimate of drug-likeness (QED) is 0.564. The highest BCUT2D eigenvalue weighted by atomic mass is 32.2. The van der Waals surface area contributed by atoms with E-state index in [1.165, 1.54) is 0 Å².